The molecule has 1 saturated heterocycles. The van der Waals surface area contributed by atoms with E-state index in [4.69, 9.17) is 26.1 Å². The number of ether oxygens (including phenoxy) is 1. The molecule has 0 bridgehead atoms. The number of hydrogen-bond acceptors (Lipinski definition) is 9. The Hall–Kier alpha value is -1.86. The zero-order chi connectivity index (χ0) is 23.9. The predicted octanol–water partition coefficient (Wildman–Crippen LogP) is 0.0895. The van der Waals surface area contributed by atoms with Gasteiger partial charge in [-0.2, -0.15) is 9.97 Å². The third-order valence-electron chi connectivity index (χ3n) is 5.92. The van der Waals surface area contributed by atoms with Gasteiger partial charge in [0.25, 0.3) is 0 Å². The number of fused-ring (bicyclic) bond motifs is 1. The first kappa shape index (κ1) is 24.3. The maximum absolute atomic E-state index is 12.0. The highest BCUT2D eigenvalue weighted by Gasteiger charge is 2.45. The molecule has 1 aliphatic heterocycles. The number of aliphatic hydroxyl groups excluding tert-OH is 2. The van der Waals surface area contributed by atoms with Gasteiger partial charge >= 0.3 is 7.60 Å². The first-order valence-electron chi connectivity index (χ1n) is 10.5. The molecule has 33 heavy (non-hydrogen) atoms. The summed E-state index contributed by atoms with van der Waals surface area (Å²) < 4.78 is 18.3. The number of likely N-dealkylation sites (N-methyl/N-ethyl adjacent to an activating group) is 1. The highest BCUT2D eigenvalue weighted by molar-refractivity contribution is 7.52. The van der Waals surface area contributed by atoms with Crippen LogP contribution in [-0.4, -0.2) is 94.4 Å². The summed E-state index contributed by atoms with van der Waals surface area (Å²) >= 11 is 6.13. The van der Waals surface area contributed by atoms with Crippen molar-refractivity contribution >= 4 is 42.1 Å². The minimum atomic E-state index is -4.54. The second kappa shape index (κ2) is 9.41. The third-order valence-corrected chi connectivity index (χ3v) is 6.77. The van der Waals surface area contributed by atoms with Crippen molar-refractivity contribution in [1.82, 2.24) is 24.4 Å². The van der Waals surface area contributed by atoms with Gasteiger partial charge in [0, 0.05) is 19.6 Å². The van der Waals surface area contributed by atoms with Crippen molar-refractivity contribution in [1.29, 1.82) is 0 Å². The summed E-state index contributed by atoms with van der Waals surface area (Å²) in [6.45, 7) is -0.190. The van der Waals surface area contributed by atoms with Crippen LogP contribution in [0.5, 0.6) is 0 Å². The van der Waals surface area contributed by atoms with Crippen molar-refractivity contribution < 1.29 is 34.1 Å². The van der Waals surface area contributed by atoms with E-state index in [1.54, 1.807) is 0 Å². The van der Waals surface area contributed by atoms with Crippen molar-refractivity contribution in [2.24, 2.45) is 0 Å². The van der Waals surface area contributed by atoms with Crippen molar-refractivity contribution in [2.75, 3.05) is 25.1 Å². The van der Waals surface area contributed by atoms with Crippen LogP contribution in [0.25, 0.3) is 11.2 Å². The second-order valence-electron chi connectivity index (χ2n) is 8.43. The molecule has 1 amide bonds. The van der Waals surface area contributed by atoms with E-state index in [9.17, 15) is 19.6 Å². The first-order chi connectivity index (χ1) is 15.5. The smallest absolute Gasteiger partial charge is 0.334 e. The lowest BCUT2D eigenvalue weighted by Crippen LogP contribution is -2.41. The maximum atomic E-state index is 12.0. The quantitative estimate of drug-likeness (QED) is 0.254. The third kappa shape index (κ3) is 5.29. The van der Waals surface area contributed by atoms with Crippen LogP contribution in [0.15, 0.2) is 6.33 Å². The summed E-state index contributed by atoms with van der Waals surface area (Å²) in [6.07, 6.45) is -0.123. The number of aliphatic hydroxyl groups is 2. The van der Waals surface area contributed by atoms with Gasteiger partial charge in [0.05, 0.1) is 6.33 Å². The predicted molar refractivity (Wildman–Crippen MR) is 117 cm³/mol. The van der Waals surface area contributed by atoms with Gasteiger partial charge in [0.15, 0.2) is 23.2 Å². The summed E-state index contributed by atoms with van der Waals surface area (Å²) in [4.78, 5) is 43.9. The molecule has 1 unspecified atom stereocenters. The van der Waals surface area contributed by atoms with E-state index in [0.717, 1.165) is 30.6 Å². The van der Waals surface area contributed by atoms with E-state index >= 15 is 0 Å². The molecule has 2 aromatic heterocycles. The van der Waals surface area contributed by atoms with Gasteiger partial charge in [-0.3, -0.25) is 13.9 Å². The lowest BCUT2D eigenvalue weighted by atomic mass is 10.1. The molecule has 4 rings (SSSR count). The fourth-order valence-electron chi connectivity index (χ4n) is 4.22. The number of carbonyl (C=O) groups excluding carboxylic acids is 1. The van der Waals surface area contributed by atoms with Gasteiger partial charge in [-0.15, -0.1) is 0 Å². The molecule has 182 valence electrons. The standard InChI is InChI=1S/C18H26ClN6O7P/c1-24(11(26)7-33(29,30)31)6-10-13(27)14(28)17(32-10)25-8-20-12-15(21-9-4-2-3-5-9)22-18(19)23-16(12)25/h8-10,13-14,17,27-28H,2-7H2,1H3,(H,21,22,23)(H2,29,30,31)/t10?,13-,14-,17-/m1/s1. The Morgan fingerprint density at radius 1 is 1.30 bits per heavy atom. The highest BCUT2D eigenvalue weighted by atomic mass is 35.5. The lowest BCUT2D eigenvalue weighted by molar-refractivity contribution is -0.130. The van der Waals surface area contributed by atoms with Gasteiger partial charge in [0.1, 0.15) is 24.5 Å². The minimum Gasteiger partial charge on any atom is -0.387 e. The molecule has 2 fully saturated rings. The Morgan fingerprint density at radius 3 is 2.67 bits per heavy atom. The number of imidazole rings is 1. The molecule has 2 aromatic rings. The zero-order valence-corrected chi connectivity index (χ0v) is 19.4. The van der Waals surface area contributed by atoms with Crippen LogP contribution in [0, 0.1) is 0 Å². The summed E-state index contributed by atoms with van der Waals surface area (Å²) in [5, 5.41) is 24.4. The van der Waals surface area contributed by atoms with Crippen LogP contribution in [-0.2, 0) is 14.1 Å². The number of hydrogen-bond donors (Lipinski definition) is 5. The molecule has 0 aromatic carbocycles. The number of rotatable bonds is 7. The molecule has 0 radical (unpaired) electrons. The molecule has 15 heteroatoms. The number of halogens is 1. The van der Waals surface area contributed by atoms with Crippen LogP contribution >= 0.6 is 19.2 Å². The van der Waals surface area contributed by atoms with Crippen LogP contribution in [0.4, 0.5) is 5.82 Å². The highest BCUT2D eigenvalue weighted by Crippen LogP contribution is 2.36. The fourth-order valence-corrected chi connectivity index (χ4v) is 4.98. The maximum Gasteiger partial charge on any atom is 0.334 e. The van der Waals surface area contributed by atoms with Crippen LogP contribution < -0.4 is 5.32 Å². The molecule has 4 atom stereocenters. The van der Waals surface area contributed by atoms with E-state index in [-0.39, 0.29) is 17.9 Å². The SMILES string of the molecule is CN(CC1O[C@@H](n2cnc3c(NC4CCCC4)nc(Cl)nc32)[C@H](O)[C@@H]1O)C(=O)CP(=O)(O)O. The van der Waals surface area contributed by atoms with Crippen molar-refractivity contribution in [2.45, 2.75) is 56.3 Å². The second-order valence-corrected chi connectivity index (χ2v) is 10.4. The Morgan fingerprint density at radius 2 is 2.00 bits per heavy atom. The van der Waals surface area contributed by atoms with Gasteiger partial charge in [0.2, 0.25) is 11.2 Å². The number of amides is 1. The zero-order valence-electron chi connectivity index (χ0n) is 17.8. The average Bonchev–Trinajstić information content (AvgIpc) is 3.43. The number of anilines is 1. The monoisotopic (exact) mass is 504 g/mol. The van der Waals surface area contributed by atoms with E-state index in [0.29, 0.717) is 17.0 Å². The average molecular weight is 505 g/mol. The first-order valence-corrected chi connectivity index (χ1v) is 12.7. The van der Waals surface area contributed by atoms with Gasteiger partial charge in [-0.05, 0) is 24.4 Å². The molecular weight excluding hydrogens is 479 g/mol. The van der Waals surface area contributed by atoms with Gasteiger partial charge in [-0.1, -0.05) is 12.8 Å². The molecule has 5 N–H and O–H groups in total. The number of aromatic nitrogens is 4. The fraction of sp³-hybridized carbons (Fsp3) is 0.667. The van der Waals surface area contributed by atoms with Gasteiger partial charge in [-0.25, -0.2) is 4.98 Å². The lowest BCUT2D eigenvalue weighted by Gasteiger charge is -2.23. The summed E-state index contributed by atoms with van der Waals surface area (Å²) in [5.41, 5.74) is 0.743. The van der Waals surface area contributed by atoms with E-state index < -0.39 is 44.2 Å². The molecular formula is C18H26ClN6O7P. The van der Waals surface area contributed by atoms with E-state index in [1.807, 2.05) is 0 Å². The van der Waals surface area contributed by atoms with E-state index in [2.05, 4.69) is 20.3 Å². The Kier molecular flexibility index (Phi) is 6.92. The molecule has 1 aliphatic carbocycles. The molecule has 3 heterocycles. The normalized spacial score (nSPS) is 26.2. The van der Waals surface area contributed by atoms with Crippen LogP contribution in [0.1, 0.15) is 31.9 Å². The molecule has 13 nitrogen and oxygen atoms in total. The van der Waals surface area contributed by atoms with Crippen LogP contribution in [0.3, 0.4) is 0 Å². The topological polar surface area (TPSA) is 183 Å². The van der Waals surface area contributed by atoms with Crippen molar-refractivity contribution in [3.8, 4) is 0 Å². The van der Waals surface area contributed by atoms with Crippen LogP contribution in [0.2, 0.25) is 5.28 Å². The Bertz CT molecular complexity index is 1070. The molecule has 2 aliphatic rings. The number of nitrogens with zero attached hydrogens (tertiary/aromatic N) is 5. The largest absolute Gasteiger partial charge is 0.387 e. The summed E-state index contributed by atoms with van der Waals surface area (Å²) in [7, 11) is -3.21. The van der Waals surface area contributed by atoms with Crippen molar-refractivity contribution in [3.63, 3.8) is 0 Å². The van der Waals surface area contributed by atoms with E-state index in [1.165, 1.54) is 17.9 Å². The molecule has 1 saturated carbocycles. The summed E-state index contributed by atoms with van der Waals surface area (Å²) in [6, 6.07) is 0.255. The molecule has 0 spiro atoms. The Labute approximate surface area is 193 Å². The number of carbonyl (C=O) groups is 1. The van der Waals surface area contributed by atoms with Crippen molar-refractivity contribution in [3.05, 3.63) is 11.6 Å². The number of nitrogens with one attached hydrogen (secondary N) is 1. The minimum absolute atomic E-state index is 0.0166. The Balaban J connectivity index is 1.54. The van der Waals surface area contributed by atoms with Gasteiger partial charge < -0.3 is 35.0 Å². The summed E-state index contributed by atoms with van der Waals surface area (Å²) in [5.74, 6) is -0.338.